The van der Waals surface area contributed by atoms with E-state index in [1.165, 1.54) is 47.9 Å². The highest BCUT2D eigenvalue weighted by atomic mass is 32.1. The first-order valence-electron chi connectivity index (χ1n) is 7.64. The van der Waals surface area contributed by atoms with E-state index in [9.17, 15) is 0 Å². The minimum Gasteiger partial charge on any atom is -0.367 e. The third-order valence-corrected chi connectivity index (χ3v) is 4.96. The number of nitrogens with zero attached hydrogens (tertiary/aromatic N) is 2. The minimum absolute atomic E-state index is 0.526. The second-order valence-electron chi connectivity index (χ2n) is 5.46. The van der Waals surface area contributed by atoms with Crippen LogP contribution in [0.25, 0.3) is 10.2 Å². The Hall–Kier alpha value is -1.16. The fraction of sp³-hybridized carbons (Fsp3) is 0.625. The first kappa shape index (κ1) is 15.2. The Morgan fingerprint density at radius 3 is 2.65 bits per heavy atom. The van der Waals surface area contributed by atoms with Gasteiger partial charge in [-0.2, -0.15) is 0 Å². The molecule has 0 aromatic carbocycles. The van der Waals surface area contributed by atoms with Crippen LogP contribution in [0, 0.1) is 13.8 Å². The van der Waals surface area contributed by atoms with Crippen molar-refractivity contribution in [3.8, 4) is 0 Å². The maximum Gasteiger partial charge on any atom is 0.138 e. The molecule has 3 nitrogen and oxygen atoms in total. The normalized spacial score (nSPS) is 12.8. The van der Waals surface area contributed by atoms with Gasteiger partial charge in [-0.05, 0) is 32.3 Å². The SMILES string of the molecule is CCCCC(CCC)Nc1ncnc2sc(C)c(C)c12. The van der Waals surface area contributed by atoms with Crippen molar-refractivity contribution in [2.24, 2.45) is 0 Å². The van der Waals surface area contributed by atoms with Crippen molar-refractivity contribution >= 4 is 27.4 Å². The van der Waals surface area contributed by atoms with Crippen LogP contribution in [0.3, 0.4) is 0 Å². The van der Waals surface area contributed by atoms with E-state index in [2.05, 4.69) is 43.0 Å². The summed E-state index contributed by atoms with van der Waals surface area (Å²) in [6.45, 7) is 8.82. The van der Waals surface area contributed by atoms with Gasteiger partial charge in [0.25, 0.3) is 0 Å². The van der Waals surface area contributed by atoms with Gasteiger partial charge in [-0.25, -0.2) is 9.97 Å². The number of hydrogen-bond donors (Lipinski definition) is 1. The third kappa shape index (κ3) is 3.29. The molecule has 4 heteroatoms. The first-order chi connectivity index (χ1) is 9.67. The summed E-state index contributed by atoms with van der Waals surface area (Å²) < 4.78 is 0. The van der Waals surface area contributed by atoms with Gasteiger partial charge in [-0.3, -0.25) is 0 Å². The molecule has 2 aromatic heterocycles. The van der Waals surface area contributed by atoms with Crippen molar-refractivity contribution in [3.05, 3.63) is 16.8 Å². The minimum atomic E-state index is 0.526. The molecule has 2 rings (SSSR count). The van der Waals surface area contributed by atoms with E-state index in [4.69, 9.17) is 0 Å². The molecule has 0 bridgehead atoms. The average Bonchev–Trinajstić information content (AvgIpc) is 2.73. The average molecular weight is 291 g/mol. The van der Waals surface area contributed by atoms with E-state index in [1.54, 1.807) is 17.7 Å². The molecule has 0 radical (unpaired) electrons. The molecular weight excluding hydrogens is 266 g/mol. The smallest absolute Gasteiger partial charge is 0.138 e. The van der Waals surface area contributed by atoms with E-state index in [0.717, 1.165) is 10.6 Å². The summed E-state index contributed by atoms with van der Waals surface area (Å²) in [5.41, 5.74) is 1.32. The van der Waals surface area contributed by atoms with Gasteiger partial charge in [0, 0.05) is 10.9 Å². The molecule has 0 spiro atoms. The molecule has 0 aliphatic carbocycles. The quantitative estimate of drug-likeness (QED) is 0.773. The lowest BCUT2D eigenvalue weighted by atomic mass is 10.0. The predicted molar refractivity (Wildman–Crippen MR) is 88.7 cm³/mol. The Morgan fingerprint density at radius 2 is 1.95 bits per heavy atom. The van der Waals surface area contributed by atoms with Crippen molar-refractivity contribution < 1.29 is 0 Å². The van der Waals surface area contributed by atoms with Gasteiger partial charge < -0.3 is 5.32 Å². The highest BCUT2D eigenvalue weighted by Crippen LogP contribution is 2.33. The van der Waals surface area contributed by atoms with E-state index in [-0.39, 0.29) is 0 Å². The summed E-state index contributed by atoms with van der Waals surface area (Å²) in [7, 11) is 0. The maximum absolute atomic E-state index is 4.50. The Balaban J connectivity index is 2.27. The van der Waals surface area contributed by atoms with E-state index in [1.807, 2.05) is 0 Å². The van der Waals surface area contributed by atoms with Crippen LogP contribution in [-0.4, -0.2) is 16.0 Å². The summed E-state index contributed by atoms with van der Waals surface area (Å²) >= 11 is 1.76. The summed E-state index contributed by atoms with van der Waals surface area (Å²) in [5.74, 6) is 1.02. The topological polar surface area (TPSA) is 37.8 Å². The predicted octanol–water partition coefficient (Wildman–Crippen LogP) is 5.08. The second kappa shape index (κ2) is 7.02. The Morgan fingerprint density at radius 1 is 1.15 bits per heavy atom. The van der Waals surface area contributed by atoms with Crippen molar-refractivity contribution in [2.75, 3.05) is 5.32 Å². The van der Waals surface area contributed by atoms with E-state index < -0.39 is 0 Å². The molecule has 2 heterocycles. The number of unbranched alkanes of at least 4 members (excludes halogenated alkanes) is 1. The van der Waals surface area contributed by atoms with Gasteiger partial charge in [0.15, 0.2) is 0 Å². The third-order valence-electron chi connectivity index (χ3n) is 3.85. The van der Waals surface area contributed by atoms with Gasteiger partial charge in [0.05, 0.1) is 5.39 Å². The number of anilines is 1. The summed E-state index contributed by atoms with van der Waals surface area (Å²) in [4.78, 5) is 11.3. The van der Waals surface area contributed by atoms with Gasteiger partial charge in [0.1, 0.15) is 17.0 Å². The standard InChI is InChI=1S/C16H25N3S/c1-5-7-9-13(8-6-2)19-15-14-11(3)12(4)20-16(14)18-10-17-15/h10,13H,5-9H2,1-4H3,(H,17,18,19). The number of thiophene rings is 1. The maximum atomic E-state index is 4.50. The van der Waals surface area contributed by atoms with Gasteiger partial charge in [-0.1, -0.05) is 33.1 Å². The summed E-state index contributed by atoms with van der Waals surface area (Å²) in [6.07, 6.45) is 7.83. The van der Waals surface area contributed by atoms with Crippen LogP contribution in [0.15, 0.2) is 6.33 Å². The van der Waals surface area contributed by atoms with Crippen LogP contribution in [0.5, 0.6) is 0 Å². The van der Waals surface area contributed by atoms with Crippen LogP contribution in [0.4, 0.5) is 5.82 Å². The number of aryl methyl sites for hydroxylation is 2. The molecule has 20 heavy (non-hydrogen) atoms. The zero-order chi connectivity index (χ0) is 14.5. The number of nitrogens with one attached hydrogen (secondary N) is 1. The van der Waals surface area contributed by atoms with Crippen LogP contribution in [0.1, 0.15) is 56.4 Å². The molecular formula is C16H25N3S. The van der Waals surface area contributed by atoms with E-state index in [0.29, 0.717) is 6.04 Å². The number of hydrogen-bond acceptors (Lipinski definition) is 4. The largest absolute Gasteiger partial charge is 0.367 e. The van der Waals surface area contributed by atoms with Crippen molar-refractivity contribution in [1.29, 1.82) is 0 Å². The van der Waals surface area contributed by atoms with Crippen LogP contribution in [0.2, 0.25) is 0 Å². The zero-order valence-electron chi connectivity index (χ0n) is 13.0. The molecule has 0 aliphatic heterocycles. The summed E-state index contributed by atoms with van der Waals surface area (Å²) in [6, 6.07) is 0.526. The molecule has 0 aliphatic rings. The van der Waals surface area contributed by atoms with Crippen molar-refractivity contribution in [1.82, 2.24) is 9.97 Å². The molecule has 1 atom stereocenters. The number of fused-ring (bicyclic) bond motifs is 1. The number of rotatable bonds is 7. The van der Waals surface area contributed by atoms with Crippen LogP contribution in [-0.2, 0) is 0 Å². The Kier molecular flexibility index (Phi) is 5.35. The lowest BCUT2D eigenvalue weighted by Crippen LogP contribution is -2.20. The molecule has 0 saturated heterocycles. The molecule has 0 saturated carbocycles. The lowest BCUT2D eigenvalue weighted by molar-refractivity contribution is 0.563. The van der Waals surface area contributed by atoms with Crippen molar-refractivity contribution in [2.45, 2.75) is 65.8 Å². The zero-order valence-corrected chi connectivity index (χ0v) is 13.8. The molecule has 0 amide bonds. The van der Waals surface area contributed by atoms with E-state index >= 15 is 0 Å². The highest BCUT2D eigenvalue weighted by molar-refractivity contribution is 7.18. The first-order valence-corrected chi connectivity index (χ1v) is 8.46. The second-order valence-corrected chi connectivity index (χ2v) is 6.66. The lowest BCUT2D eigenvalue weighted by Gasteiger charge is -2.19. The molecule has 2 aromatic rings. The monoisotopic (exact) mass is 291 g/mol. The fourth-order valence-corrected chi connectivity index (χ4v) is 3.57. The van der Waals surface area contributed by atoms with Crippen LogP contribution < -0.4 is 5.32 Å². The Labute approximate surface area is 125 Å². The molecule has 1 N–H and O–H groups in total. The fourth-order valence-electron chi connectivity index (χ4n) is 2.57. The molecule has 110 valence electrons. The van der Waals surface area contributed by atoms with Crippen LogP contribution >= 0.6 is 11.3 Å². The number of aromatic nitrogens is 2. The van der Waals surface area contributed by atoms with Gasteiger partial charge >= 0.3 is 0 Å². The highest BCUT2D eigenvalue weighted by Gasteiger charge is 2.14. The van der Waals surface area contributed by atoms with Gasteiger partial charge in [0.2, 0.25) is 0 Å². The summed E-state index contributed by atoms with van der Waals surface area (Å²) in [5, 5.41) is 4.88. The van der Waals surface area contributed by atoms with Crippen molar-refractivity contribution in [3.63, 3.8) is 0 Å². The molecule has 1 unspecified atom stereocenters. The molecule has 0 fully saturated rings. The Bertz CT molecular complexity index is 562. The van der Waals surface area contributed by atoms with Gasteiger partial charge in [-0.15, -0.1) is 11.3 Å².